The molecule has 0 fully saturated rings. The van der Waals surface area contributed by atoms with Gasteiger partial charge in [-0.25, -0.2) is 0 Å². The molecule has 0 aliphatic heterocycles. The number of anilines is 1. The zero-order chi connectivity index (χ0) is 25.6. The van der Waals surface area contributed by atoms with Crippen LogP contribution in [0.15, 0.2) is 78.0 Å². The summed E-state index contributed by atoms with van der Waals surface area (Å²) in [6, 6.07) is 14.0. The first kappa shape index (κ1) is 22.7. The van der Waals surface area contributed by atoms with Gasteiger partial charge in [-0.15, -0.1) is 0 Å². The van der Waals surface area contributed by atoms with Crippen LogP contribution in [0.25, 0.3) is 55.6 Å². The Kier molecular flexibility index (Phi) is 5.37. The lowest BCUT2D eigenvalue weighted by molar-refractivity contribution is -0.117. The van der Waals surface area contributed by atoms with Gasteiger partial charge in [-0.3, -0.25) is 19.9 Å². The number of rotatable bonds is 5. The van der Waals surface area contributed by atoms with Gasteiger partial charge in [0, 0.05) is 46.2 Å². The van der Waals surface area contributed by atoms with E-state index >= 15 is 0 Å². The topological polar surface area (TPSA) is 112 Å². The molecule has 0 aliphatic carbocycles. The quantitative estimate of drug-likeness (QED) is 0.246. The molecule has 0 radical (unpaired) electrons. The number of aromatic nitrogens is 5. The molecule has 6 rings (SSSR count). The van der Waals surface area contributed by atoms with Crippen LogP contribution in [0.2, 0.25) is 0 Å². The van der Waals surface area contributed by atoms with Crippen molar-refractivity contribution in [3.05, 3.63) is 73.6 Å². The van der Waals surface area contributed by atoms with Crippen molar-refractivity contribution in [2.24, 2.45) is 5.41 Å². The highest BCUT2D eigenvalue weighted by atomic mass is 16.3. The van der Waals surface area contributed by atoms with Crippen LogP contribution >= 0.6 is 0 Å². The van der Waals surface area contributed by atoms with Crippen LogP contribution in [0.5, 0.6) is 0 Å². The number of furan rings is 1. The summed E-state index contributed by atoms with van der Waals surface area (Å²) >= 11 is 0. The highest BCUT2D eigenvalue weighted by Gasteiger charge is 2.17. The predicted molar refractivity (Wildman–Crippen MR) is 145 cm³/mol. The molecule has 0 saturated heterocycles. The molecule has 1 aromatic carbocycles. The van der Waals surface area contributed by atoms with Crippen LogP contribution in [-0.4, -0.2) is 31.1 Å². The third-order valence-electron chi connectivity index (χ3n) is 6.21. The number of hydrogen-bond donors (Lipinski definition) is 3. The Labute approximate surface area is 213 Å². The summed E-state index contributed by atoms with van der Waals surface area (Å²) in [7, 11) is 0. The fourth-order valence-corrected chi connectivity index (χ4v) is 4.56. The van der Waals surface area contributed by atoms with Gasteiger partial charge in [0.1, 0.15) is 5.69 Å². The average molecular weight is 491 g/mol. The van der Waals surface area contributed by atoms with Crippen molar-refractivity contribution in [2.75, 3.05) is 5.32 Å². The summed E-state index contributed by atoms with van der Waals surface area (Å²) in [5, 5.41) is 12.7. The van der Waals surface area contributed by atoms with E-state index in [1.54, 1.807) is 31.1 Å². The normalized spacial score (nSPS) is 11.9. The SMILES string of the molecule is CC(C)(C)CC(=O)Nc1cncc(-c2ccc3[nH]nc(-c4cc5c(-c6ccoc6)nccc5[nH]4)c3c2)c1. The van der Waals surface area contributed by atoms with Crippen molar-refractivity contribution < 1.29 is 9.21 Å². The molecule has 8 nitrogen and oxygen atoms in total. The number of nitrogens with one attached hydrogen (secondary N) is 3. The second kappa shape index (κ2) is 8.74. The second-order valence-electron chi connectivity index (χ2n) is 10.4. The van der Waals surface area contributed by atoms with E-state index in [9.17, 15) is 4.79 Å². The second-order valence-corrected chi connectivity index (χ2v) is 10.4. The maximum Gasteiger partial charge on any atom is 0.224 e. The standard InChI is InChI=1S/C29H26N6O2/c1-29(2,3)13-26(36)32-20-10-19(14-30-15-20)17-4-5-24-21(11-17)28(35-34-24)25-12-22-23(33-25)6-8-31-27(22)18-7-9-37-16-18/h4-12,14-16,33H,13H2,1-3H3,(H,32,36)(H,34,35). The fraction of sp³-hybridized carbons (Fsp3) is 0.172. The molecule has 0 saturated carbocycles. The molecule has 6 aromatic rings. The molecule has 0 bridgehead atoms. The van der Waals surface area contributed by atoms with Gasteiger partial charge in [-0.05, 0) is 47.4 Å². The molecule has 0 aliphatic rings. The smallest absolute Gasteiger partial charge is 0.224 e. The monoisotopic (exact) mass is 490 g/mol. The van der Waals surface area contributed by atoms with Gasteiger partial charge in [-0.2, -0.15) is 5.10 Å². The lowest BCUT2D eigenvalue weighted by atomic mass is 9.92. The molecule has 0 spiro atoms. The van der Waals surface area contributed by atoms with Gasteiger partial charge >= 0.3 is 0 Å². The lowest BCUT2D eigenvalue weighted by Gasteiger charge is -2.17. The zero-order valence-corrected chi connectivity index (χ0v) is 20.8. The Balaban J connectivity index is 1.36. The third-order valence-corrected chi connectivity index (χ3v) is 6.21. The summed E-state index contributed by atoms with van der Waals surface area (Å²) in [5.41, 5.74) is 7.84. The molecule has 0 unspecified atom stereocenters. The number of carbonyl (C=O) groups excluding carboxylic acids is 1. The first-order valence-electron chi connectivity index (χ1n) is 12.1. The van der Waals surface area contributed by atoms with Crippen LogP contribution in [0.3, 0.4) is 0 Å². The van der Waals surface area contributed by atoms with Gasteiger partial charge < -0.3 is 14.7 Å². The molecule has 8 heteroatoms. The van der Waals surface area contributed by atoms with Crippen molar-refractivity contribution in [1.29, 1.82) is 0 Å². The van der Waals surface area contributed by atoms with E-state index in [2.05, 4.69) is 42.6 Å². The highest BCUT2D eigenvalue weighted by molar-refractivity contribution is 6.01. The summed E-state index contributed by atoms with van der Waals surface area (Å²) in [6.45, 7) is 6.13. The number of amides is 1. The van der Waals surface area contributed by atoms with E-state index in [-0.39, 0.29) is 11.3 Å². The van der Waals surface area contributed by atoms with E-state index in [4.69, 9.17) is 4.42 Å². The first-order chi connectivity index (χ1) is 17.8. The van der Waals surface area contributed by atoms with E-state index in [0.29, 0.717) is 12.1 Å². The summed E-state index contributed by atoms with van der Waals surface area (Å²) < 4.78 is 5.26. The van der Waals surface area contributed by atoms with Gasteiger partial charge in [0.25, 0.3) is 0 Å². The number of nitrogens with zero attached hydrogens (tertiary/aromatic N) is 3. The molecule has 5 heterocycles. The van der Waals surface area contributed by atoms with Gasteiger partial charge in [-0.1, -0.05) is 26.8 Å². The van der Waals surface area contributed by atoms with Crippen LogP contribution < -0.4 is 5.32 Å². The van der Waals surface area contributed by atoms with Gasteiger partial charge in [0.15, 0.2) is 0 Å². The number of aromatic amines is 2. The van der Waals surface area contributed by atoms with E-state index in [1.807, 2.05) is 51.1 Å². The number of fused-ring (bicyclic) bond motifs is 2. The van der Waals surface area contributed by atoms with Crippen LogP contribution in [-0.2, 0) is 4.79 Å². The Bertz CT molecular complexity index is 1740. The third kappa shape index (κ3) is 4.49. The van der Waals surface area contributed by atoms with Crippen molar-refractivity contribution in [1.82, 2.24) is 25.1 Å². The van der Waals surface area contributed by atoms with Crippen molar-refractivity contribution in [3.63, 3.8) is 0 Å². The molecule has 184 valence electrons. The number of pyridine rings is 2. The Morgan fingerprint density at radius 3 is 2.62 bits per heavy atom. The van der Waals surface area contributed by atoms with Crippen LogP contribution in [0.4, 0.5) is 5.69 Å². The number of hydrogen-bond acceptors (Lipinski definition) is 5. The summed E-state index contributed by atoms with van der Waals surface area (Å²) in [4.78, 5) is 24.8. The van der Waals surface area contributed by atoms with Crippen LogP contribution in [0, 0.1) is 5.41 Å². The van der Waals surface area contributed by atoms with Crippen molar-refractivity contribution >= 4 is 33.4 Å². The Morgan fingerprint density at radius 2 is 1.81 bits per heavy atom. The molecule has 0 atom stereocenters. The van der Waals surface area contributed by atoms with E-state index in [0.717, 1.165) is 55.6 Å². The molecular weight excluding hydrogens is 464 g/mol. The highest BCUT2D eigenvalue weighted by Crippen LogP contribution is 2.34. The molecular formula is C29H26N6O2. The maximum absolute atomic E-state index is 12.4. The minimum absolute atomic E-state index is 0.0258. The first-order valence-corrected chi connectivity index (χ1v) is 12.1. The molecule has 37 heavy (non-hydrogen) atoms. The Morgan fingerprint density at radius 1 is 0.946 bits per heavy atom. The Hall–Kier alpha value is -4.72. The van der Waals surface area contributed by atoms with Crippen molar-refractivity contribution in [2.45, 2.75) is 27.2 Å². The lowest BCUT2D eigenvalue weighted by Crippen LogP contribution is -2.19. The maximum atomic E-state index is 12.4. The average Bonchev–Trinajstić information content (AvgIpc) is 3.61. The zero-order valence-electron chi connectivity index (χ0n) is 20.8. The number of carbonyl (C=O) groups is 1. The predicted octanol–water partition coefficient (Wildman–Crippen LogP) is 6.80. The largest absolute Gasteiger partial charge is 0.472 e. The van der Waals surface area contributed by atoms with E-state index < -0.39 is 0 Å². The van der Waals surface area contributed by atoms with Gasteiger partial charge in [0.2, 0.25) is 5.91 Å². The molecule has 5 aromatic heterocycles. The number of H-pyrrole nitrogens is 2. The van der Waals surface area contributed by atoms with Crippen molar-refractivity contribution in [3.8, 4) is 33.8 Å². The van der Waals surface area contributed by atoms with Crippen LogP contribution in [0.1, 0.15) is 27.2 Å². The van der Waals surface area contributed by atoms with Gasteiger partial charge in [0.05, 0.1) is 41.3 Å². The molecule has 3 N–H and O–H groups in total. The summed E-state index contributed by atoms with van der Waals surface area (Å²) in [5.74, 6) is -0.0258. The minimum atomic E-state index is -0.0875. The number of benzene rings is 1. The fourth-order valence-electron chi connectivity index (χ4n) is 4.56. The molecule has 1 amide bonds. The minimum Gasteiger partial charge on any atom is -0.472 e. The van der Waals surface area contributed by atoms with E-state index in [1.165, 1.54) is 0 Å². The summed E-state index contributed by atoms with van der Waals surface area (Å²) in [6.07, 6.45) is 9.02.